The van der Waals surface area contributed by atoms with Crippen molar-refractivity contribution in [2.24, 2.45) is 11.8 Å². The maximum atomic E-state index is 14.2. The first-order chi connectivity index (χ1) is 15.4. The number of ether oxygens (including phenoxy) is 4. The summed E-state index contributed by atoms with van der Waals surface area (Å²) in [7, 11) is 5.31. The van der Waals surface area contributed by atoms with Crippen molar-refractivity contribution in [3.05, 3.63) is 17.7 Å². The lowest BCUT2D eigenvalue weighted by molar-refractivity contribution is -0.144. The van der Waals surface area contributed by atoms with Crippen molar-refractivity contribution in [3.63, 3.8) is 0 Å². The minimum atomic E-state index is -0.762. The highest BCUT2D eigenvalue weighted by atomic mass is 16.6. The number of piperidine rings is 1. The number of ketones is 1. The van der Waals surface area contributed by atoms with Gasteiger partial charge in [-0.2, -0.15) is 0 Å². The highest BCUT2D eigenvalue weighted by molar-refractivity contribution is 6.06. The fourth-order valence-electron chi connectivity index (χ4n) is 7.82. The first-order valence-electron chi connectivity index (χ1n) is 11.5. The SMILES string of the molecule is COc1cc2c(cc1OC)C13CCN(C)CC45OC4COC4CC(=O)N2C1C4C5CC3=O. The number of anilines is 1. The van der Waals surface area contributed by atoms with Gasteiger partial charge in [0.1, 0.15) is 17.5 Å². The minimum absolute atomic E-state index is 0.00599. The fourth-order valence-corrected chi connectivity index (χ4v) is 7.82. The standard InChI is InChI=1S/C24H28N2O6/c1-25-5-4-23-12-6-15(29-2)16(30-3)8-14(12)26-20(28)9-17-21(22(23)26)13(7-18(23)27)24(11-25)19(32-24)10-31-17/h6,8,13,17,19,21-22H,4-5,7,9-11H2,1-3H3. The van der Waals surface area contributed by atoms with Crippen molar-refractivity contribution < 1.29 is 28.5 Å². The van der Waals surface area contributed by atoms with Crippen LogP contribution in [-0.2, 0) is 24.5 Å². The Labute approximate surface area is 186 Å². The predicted molar refractivity (Wildman–Crippen MR) is 113 cm³/mol. The maximum absolute atomic E-state index is 14.2. The summed E-state index contributed by atoms with van der Waals surface area (Å²) in [6, 6.07) is 3.57. The van der Waals surface area contributed by atoms with Gasteiger partial charge >= 0.3 is 0 Å². The second-order valence-corrected chi connectivity index (χ2v) is 10.3. The topological polar surface area (TPSA) is 80.8 Å². The number of carbonyl (C=O) groups excluding carboxylic acids is 2. The first-order valence-corrected chi connectivity index (χ1v) is 11.5. The highest BCUT2D eigenvalue weighted by Crippen LogP contribution is 2.65. The van der Waals surface area contributed by atoms with Crippen molar-refractivity contribution >= 4 is 17.4 Å². The van der Waals surface area contributed by atoms with E-state index in [2.05, 4.69) is 11.9 Å². The zero-order chi connectivity index (χ0) is 22.0. The van der Waals surface area contributed by atoms with Crippen LogP contribution in [0.1, 0.15) is 24.8 Å². The average Bonchev–Trinajstić information content (AvgIpc) is 3.39. The quantitative estimate of drug-likeness (QED) is 0.638. The number of benzene rings is 1. The van der Waals surface area contributed by atoms with E-state index in [0.29, 0.717) is 37.4 Å². The molecule has 0 radical (unpaired) electrons. The summed E-state index contributed by atoms with van der Waals surface area (Å²) in [4.78, 5) is 31.9. The Balaban J connectivity index is 1.52. The molecule has 4 saturated heterocycles. The number of rotatable bonds is 2. The number of methoxy groups -OCH3 is 2. The number of likely N-dealkylation sites (N-methyl/N-ethyl adjacent to an activating group) is 1. The molecule has 1 aromatic carbocycles. The molecule has 7 unspecified atom stereocenters. The molecule has 8 nitrogen and oxygen atoms in total. The predicted octanol–water partition coefficient (Wildman–Crippen LogP) is 1.14. The van der Waals surface area contributed by atoms with Crippen molar-refractivity contribution in [2.75, 3.05) is 45.9 Å². The second-order valence-electron chi connectivity index (χ2n) is 10.3. The van der Waals surface area contributed by atoms with E-state index in [1.54, 1.807) is 14.2 Å². The molecular formula is C24H28N2O6. The molecule has 1 saturated carbocycles. The van der Waals surface area contributed by atoms with E-state index in [0.717, 1.165) is 24.3 Å². The molecule has 0 aromatic heterocycles. The van der Waals surface area contributed by atoms with Gasteiger partial charge in [0, 0.05) is 30.9 Å². The molecule has 0 N–H and O–H groups in total. The number of carbonyl (C=O) groups is 2. The van der Waals surface area contributed by atoms with E-state index in [9.17, 15) is 9.59 Å². The van der Waals surface area contributed by atoms with Gasteiger partial charge in [-0.3, -0.25) is 9.59 Å². The zero-order valence-electron chi connectivity index (χ0n) is 18.6. The van der Waals surface area contributed by atoms with Crippen LogP contribution in [0.25, 0.3) is 0 Å². The molecule has 5 fully saturated rings. The lowest BCUT2D eigenvalue weighted by Gasteiger charge is -2.53. The fraction of sp³-hybridized carbons (Fsp3) is 0.667. The Bertz CT molecular complexity index is 1060. The molecule has 8 heteroatoms. The Morgan fingerprint density at radius 3 is 2.69 bits per heavy atom. The normalized spacial score (nSPS) is 43.6. The molecule has 1 spiro atoms. The van der Waals surface area contributed by atoms with Crippen LogP contribution < -0.4 is 14.4 Å². The Kier molecular flexibility index (Phi) is 3.65. The van der Waals surface area contributed by atoms with Crippen molar-refractivity contribution in [3.8, 4) is 11.5 Å². The molecular weight excluding hydrogens is 412 g/mol. The largest absolute Gasteiger partial charge is 0.493 e. The molecule has 4 bridgehead atoms. The van der Waals surface area contributed by atoms with Crippen LogP contribution in [0.5, 0.6) is 11.5 Å². The summed E-state index contributed by atoms with van der Waals surface area (Å²) in [6.45, 7) is 2.07. The van der Waals surface area contributed by atoms with Crippen LogP contribution in [0.15, 0.2) is 12.1 Å². The summed E-state index contributed by atoms with van der Waals surface area (Å²) in [5.74, 6) is 1.53. The van der Waals surface area contributed by atoms with Crippen molar-refractivity contribution in [1.82, 2.24) is 4.90 Å². The van der Waals surface area contributed by atoms with Crippen LogP contribution in [0.3, 0.4) is 0 Å². The third-order valence-electron chi connectivity index (χ3n) is 9.17. The minimum Gasteiger partial charge on any atom is -0.493 e. The molecule has 1 aromatic rings. The summed E-state index contributed by atoms with van der Waals surface area (Å²) in [5, 5.41) is 0. The van der Waals surface area contributed by atoms with E-state index in [1.807, 2.05) is 17.0 Å². The van der Waals surface area contributed by atoms with Gasteiger partial charge in [-0.05, 0) is 31.6 Å². The second kappa shape index (κ2) is 6.04. The summed E-state index contributed by atoms with van der Waals surface area (Å²) < 4.78 is 23.8. The van der Waals surface area contributed by atoms with Gasteiger partial charge in [0.05, 0.1) is 50.5 Å². The highest BCUT2D eigenvalue weighted by Gasteiger charge is 2.75. The van der Waals surface area contributed by atoms with Crippen LogP contribution >= 0.6 is 0 Å². The van der Waals surface area contributed by atoms with E-state index in [-0.39, 0.29) is 47.4 Å². The molecule has 5 aliphatic heterocycles. The Hall–Kier alpha value is -2.16. The summed E-state index contributed by atoms with van der Waals surface area (Å²) in [5.41, 5.74) is 0.582. The van der Waals surface area contributed by atoms with Gasteiger partial charge < -0.3 is 28.7 Å². The lowest BCUT2D eigenvalue weighted by Crippen LogP contribution is -2.67. The Morgan fingerprint density at radius 2 is 1.91 bits per heavy atom. The van der Waals surface area contributed by atoms with Gasteiger partial charge in [-0.15, -0.1) is 0 Å². The molecule has 170 valence electrons. The molecule has 32 heavy (non-hydrogen) atoms. The van der Waals surface area contributed by atoms with Gasteiger partial charge in [0.25, 0.3) is 0 Å². The van der Waals surface area contributed by atoms with E-state index < -0.39 is 5.41 Å². The van der Waals surface area contributed by atoms with E-state index in [4.69, 9.17) is 18.9 Å². The van der Waals surface area contributed by atoms with Crippen molar-refractivity contribution in [1.29, 1.82) is 0 Å². The van der Waals surface area contributed by atoms with Gasteiger partial charge in [0.15, 0.2) is 11.5 Å². The number of hydrogen-bond acceptors (Lipinski definition) is 7. The van der Waals surface area contributed by atoms with E-state index in [1.165, 1.54) is 0 Å². The smallest absolute Gasteiger partial charge is 0.229 e. The molecule has 7 rings (SSSR count). The third kappa shape index (κ3) is 2.05. The van der Waals surface area contributed by atoms with Crippen LogP contribution in [-0.4, -0.2) is 81.4 Å². The van der Waals surface area contributed by atoms with E-state index >= 15 is 0 Å². The molecule has 7 atom stereocenters. The number of nitrogens with zero attached hydrogens (tertiary/aromatic N) is 2. The molecule has 5 heterocycles. The van der Waals surface area contributed by atoms with Crippen LogP contribution in [0.2, 0.25) is 0 Å². The molecule has 1 amide bonds. The van der Waals surface area contributed by atoms with Crippen LogP contribution in [0, 0.1) is 11.8 Å². The van der Waals surface area contributed by atoms with Crippen LogP contribution in [0.4, 0.5) is 5.69 Å². The number of Topliss-reactive ketones (excluding diaryl/α,β-unsaturated/α-hetero) is 1. The first kappa shape index (κ1) is 19.3. The number of epoxide rings is 1. The summed E-state index contributed by atoms with van der Waals surface area (Å²) >= 11 is 0. The summed E-state index contributed by atoms with van der Waals surface area (Å²) in [6.07, 6.45) is 1.31. The van der Waals surface area contributed by atoms with Gasteiger partial charge in [-0.25, -0.2) is 0 Å². The maximum Gasteiger partial charge on any atom is 0.229 e. The monoisotopic (exact) mass is 440 g/mol. The Morgan fingerprint density at radius 1 is 1.12 bits per heavy atom. The lowest BCUT2D eigenvalue weighted by atomic mass is 9.54. The van der Waals surface area contributed by atoms with Gasteiger partial charge in [-0.1, -0.05) is 0 Å². The number of hydrogen-bond donors (Lipinski definition) is 0. The van der Waals surface area contributed by atoms with Crippen molar-refractivity contribution in [2.45, 2.75) is 48.5 Å². The molecule has 1 aliphatic carbocycles. The van der Waals surface area contributed by atoms with Gasteiger partial charge in [0.2, 0.25) is 5.91 Å². The number of fused-ring (bicyclic) bond motifs is 2. The molecule has 6 aliphatic rings. The number of amides is 1. The zero-order valence-corrected chi connectivity index (χ0v) is 18.6. The average molecular weight is 440 g/mol. The third-order valence-corrected chi connectivity index (χ3v) is 9.17.